The second-order valence-corrected chi connectivity index (χ2v) is 7.54. The van der Waals surface area contributed by atoms with Crippen molar-refractivity contribution in [2.75, 3.05) is 0 Å². The lowest BCUT2D eigenvalue weighted by molar-refractivity contribution is 0.645. The summed E-state index contributed by atoms with van der Waals surface area (Å²) in [7, 11) is 0. The van der Waals surface area contributed by atoms with Gasteiger partial charge in [-0.25, -0.2) is 9.67 Å². The zero-order chi connectivity index (χ0) is 18.3. The lowest BCUT2D eigenvalue weighted by Gasteiger charge is -2.16. The van der Waals surface area contributed by atoms with Crippen LogP contribution in [-0.4, -0.2) is 19.7 Å². The summed E-state index contributed by atoms with van der Waals surface area (Å²) in [5.41, 5.74) is 7.74. The van der Waals surface area contributed by atoms with Gasteiger partial charge in [0.2, 0.25) is 0 Å². The molecule has 3 aromatic rings. The maximum absolute atomic E-state index is 4.98. The normalized spacial score (nSPS) is 16.1. The average molecular weight is 346 g/mol. The first-order valence-corrected chi connectivity index (χ1v) is 9.52. The van der Waals surface area contributed by atoms with Crippen molar-refractivity contribution < 1.29 is 0 Å². The second-order valence-electron chi connectivity index (χ2n) is 7.54. The van der Waals surface area contributed by atoms with Crippen LogP contribution in [0.25, 0.3) is 5.69 Å². The molecule has 1 aliphatic rings. The molecule has 1 aliphatic carbocycles. The minimum absolute atomic E-state index is 0.368. The van der Waals surface area contributed by atoms with Gasteiger partial charge in [0.25, 0.3) is 0 Å². The zero-order valence-corrected chi connectivity index (χ0v) is 16.1. The maximum Gasteiger partial charge on any atom is 0.151 e. The number of rotatable bonds is 4. The van der Waals surface area contributed by atoms with E-state index in [1.165, 1.54) is 33.5 Å². The van der Waals surface area contributed by atoms with Crippen LogP contribution in [0, 0.1) is 20.8 Å². The molecule has 0 radical (unpaired) electrons. The van der Waals surface area contributed by atoms with Crippen LogP contribution >= 0.6 is 0 Å². The van der Waals surface area contributed by atoms with Gasteiger partial charge >= 0.3 is 0 Å². The highest BCUT2D eigenvalue weighted by Crippen LogP contribution is 2.34. The molecule has 0 N–H and O–H groups in total. The third-order valence-corrected chi connectivity index (χ3v) is 5.30. The van der Waals surface area contributed by atoms with Crippen molar-refractivity contribution in [1.82, 2.24) is 19.7 Å². The summed E-state index contributed by atoms with van der Waals surface area (Å²) in [4.78, 5) is 9.27. The van der Waals surface area contributed by atoms with Gasteiger partial charge in [-0.3, -0.25) is 4.98 Å². The van der Waals surface area contributed by atoms with Gasteiger partial charge < -0.3 is 0 Å². The summed E-state index contributed by atoms with van der Waals surface area (Å²) < 4.78 is 2.12. The lowest BCUT2D eigenvalue weighted by Crippen LogP contribution is -2.12. The SMILES string of the molecule is CCCc1nc(C2Cc3ccncc3C2)n(-c2c(C)cc(C)cc2C)n1. The smallest absolute Gasteiger partial charge is 0.151 e. The number of aromatic nitrogens is 4. The number of hydrogen-bond donors (Lipinski definition) is 0. The van der Waals surface area contributed by atoms with Crippen molar-refractivity contribution >= 4 is 0 Å². The van der Waals surface area contributed by atoms with Gasteiger partial charge in [-0.2, -0.15) is 5.10 Å². The van der Waals surface area contributed by atoms with Crippen LogP contribution in [0.3, 0.4) is 0 Å². The largest absolute Gasteiger partial charge is 0.264 e. The molecule has 0 bridgehead atoms. The molecule has 0 aliphatic heterocycles. The lowest BCUT2D eigenvalue weighted by atomic mass is 10.0. The molecule has 0 fully saturated rings. The molecule has 26 heavy (non-hydrogen) atoms. The summed E-state index contributed by atoms with van der Waals surface area (Å²) >= 11 is 0. The minimum atomic E-state index is 0.368. The van der Waals surface area contributed by atoms with E-state index in [0.717, 1.165) is 37.3 Å². The number of benzene rings is 1. The van der Waals surface area contributed by atoms with Gasteiger partial charge in [0.15, 0.2) is 5.82 Å². The van der Waals surface area contributed by atoms with E-state index in [9.17, 15) is 0 Å². The molecule has 1 atom stereocenters. The zero-order valence-electron chi connectivity index (χ0n) is 16.1. The van der Waals surface area contributed by atoms with Crippen LogP contribution in [0.15, 0.2) is 30.6 Å². The molecule has 4 rings (SSSR count). The van der Waals surface area contributed by atoms with Crippen molar-refractivity contribution in [3.63, 3.8) is 0 Å². The highest BCUT2D eigenvalue weighted by molar-refractivity contribution is 5.49. The summed E-state index contributed by atoms with van der Waals surface area (Å²) in [6.45, 7) is 8.68. The van der Waals surface area contributed by atoms with E-state index in [4.69, 9.17) is 10.1 Å². The van der Waals surface area contributed by atoms with Crippen LogP contribution in [0.5, 0.6) is 0 Å². The Bertz CT molecular complexity index is 907. The first-order chi connectivity index (χ1) is 12.6. The number of nitrogens with zero attached hydrogens (tertiary/aromatic N) is 4. The highest BCUT2D eigenvalue weighted by atomic mass is 15.4. The predicted molar refractivity (Wildman–Crippen MR) is 104 cm³/mol. The van der Waals surface area contributed by atoms with Gasteiger partial charge in [-0.05, 0) is 68.4 Å². The molecule has 134 valence electrons. The Morgan fingerprint density at radius 3 is 2.50 bits per heavy atom. The van der Waals surface area contributed by atoms with Crippen molar-refractivity contribution in [3.8, 4) is 5.69 Å². The van der Waals surface area contributed by atoms with E-state index in [1.54, 1.807) is 0 Å². The molecular formula is C22H26N4. The molecule has 2 heterocycles. The molecule has 0 amide bonds. The van der Waals surface area contributed by atoms with E-state index in [-0.39, 0.29) is 0 Å². The number of fused-ring (bicyclic) bond motifs is 1. The van der Waals surface area contributed by atoms with Gasteiger partial charge in [0.1, 0.15) is 5.82 Å². The Kier molecular flexibility index (Phi) is 4.35. The van der Waals surface area contributed by atoms with Crippen LogP contribution in [0.1, 0.15) is 58.7 Å². The van der Waals surface area contributed by atoms with Crippen molar-refractivity contribution in [3.05, 3.63) is 70.1 Å². The minimum Gasteiger partial charge on any atom is -0.264 e. The first-order valence-electron chi connectivity index (χ1n) is 9.52. The molecule has 2 aromatic heterocycles. The topological polar surface area (TPSA) is 43.6 Å². The van der Waals surface area contributed by atoms with E-state index < -0.39 is 0 Å². The average Bonchev–Trinajstić information content (AvgIpc) is 3.18. The molecule has 4 heteroatoms. The fourth-order valence-corrected chi connectivity index (χ4v) is 4.26. The van der Waals surface area contributed by atoms with E-state index in [0.29, 0.717) is 5.92 Å². The van der Waals surface area contributed by atoms with Gasteiger partial charge in [-0.1, -0.05) is 24.6 Å². The molecule has 0 spiro atoms. The summed E-state index contributed by atoms with van der Waals surface area (Å²) in [5.74, 6) is 2.42. The predicted octanol–water partition coefficient (Wildman–Crippen LogP) is 4.42. The van der Waals surface area contributed by atoms with E-state index in [1.807, 2.05) is 12.4 Å². The first kappa shape index (κ1) is 17.0. The van der Waals surface area contributed by atoms with Crippen molar-refractivity contribution in [2.24, 2.45) is 0 Å². The fourth-order valence-electron chi connectivity index (χ4n) is 4.26. The van der Waals surface area contributed by atoms with Crippen LogP contribution in [-0.2, 0) is 19.3 Å². The fraction of sp³-hybridized carbons (Fsp3) is 0.409. The van der Waals surface area contributed by atoms with Crippen LogP contribution in [0.2, 0.25) is 0 Å². The summed E-state index contributed by atoms with van der Waals surface area (Å²) in [6.07, 6.45) is 7.90. The quantitative estimate of drug-likeness (QED) is 0.702. The summed E-state index contributed by atoms with van der Waals surface area (Å²) in [5, 5.41) is 4.92. The van der Waals surface area contributed by atoms with Crippen LogP contribution < -0.4 is 0 Å². The summed E-state index contributed by atoms with van der Waals surface area (Å²) in [6, 6.07) is 6.62. The Labute approximate surface area is 155 Å². The molecule has 1 unspecified atom stereocenters. The number of pyridine rings is 1. The standard InChI is InChI=1S/C22H26N4/c1-5-6-20-24-22(18-11-17-7-8-23-13-19(17)12-18)26(25-20)21-15(3)9-14(2)10-16(21)4/h7-10,13,18H,5-6,11-12H2,1-4H3. The molecule has 1 aromatic carbocycles. The monoisotopic (exact) mass is 346 g/mol. The van der Waals surface area contributed by atoms with Crippen molar-refractivity contribution in [2.45, 2.75) is 59.3 Å². The number of aryl methyl sites for hydroxylation is 4. The Balaban J connectivity index is 1.81. The number of hydrogen-bond acceptors (Lipinski definition) is 3. The molecular weight excluding hydrogens is 320 g/mol. The Hall–Kier alpha value is -2.49. The van der Waals surface area contributed by atoms with Gasteiger partial charge in [-0.15, -0.1) is 0 Å². The van der Waals surface area contributed by atoms with E-state index in [2.05, 4.69) is 55.6 Å². The second kappa shape index (κ2) is 6.67. The molecule has 0 saturated carbocycles. The third kappa shape index (κ3) is 2.94. The molecule has 4 nitrogen and oxygen atoms in total. The van der Waals surface area contributed by atoms with Crippen LogP contribution in [0.4, 0.5) is 0 Å². The Morgan fingerprint density at radius 1 is 1.08 bits per heavy atom. The van der Waals surface area contributed by atoms with Crippen molar-refractivity contribution in [1.29, 1.82) is 0 Å². The Morgan fingerprint density at radius 2 is 1.81 bits per heavy atom. The highest BCUT2D eigenvalue weighted by Gasteiger charge is 2.29. The maximum atomic E-state index is 4.98. The third-order valence-electron chi connectivity index (χ3n) is 5.30. The van der Waals surface area contributed by atoms with Gasteiger partial charge in [0, 0.05) is 24.7 Å². The molecule has 0 saturated heterocycles. The van der Waals surface area contributed by atoms with E-state index >= 15 is 0 Å². The van der Waals surface area contributed by atoms with Gasteiger partial charge in [0.05, 0.1) is 5.69 Å².